The number of alkyl halides is 4. The van der Waals surface area contributed by atoms with E-state index in [1.54, 1.807) is 30.3 Å². The maximum absolute atomic E-state index is 12.3. The Morgan fingerprint density at radius 1 is 1.33 bits per heavy atom. The lowest BCUT2D eigenvalue weighted by atomic mass is 10.1. The third-order valence-corrected chi connectivity index (χ3v) is 2.81. The maximum Gasteiger partial charge on any atom is 0.406 e. The van der Waals surface area contributed by atoms with Crippen molar-refractivity contribution >= 4 is 17.5 Å². The van der Waals surface area contributed by atoms with Crippen molar-refractivity contribution in [1.82, 2.24) is 4.90 Å². The number of amides is 1. The summed E-state index contributed by atoms with van der Waals surface area (Å²) in [6.45, 7) is 0.172. The Bertz CT molecular complexity index is 394. The van der Waals surface area contributed by atoms with Crippen LogP contribution in [0.2, 0.25) is 0 Å². The van der Waals surface area contributed by atoms with E-state index in [0.717, 1.165) is 0 Å². The molecule has 0 aliphatic carbocycles. The second-order valence-corrected chi connectivity index (χ2v) is 4.18. The standard InChI is InChI=1S/C12H13ClF3NO/c1-2-17(8-12(14,15)16)11(18)10(13)9-6-4-3-5-7-9/h3-7,10H,2,8H2,1H3. The van der Waals surface area contributed by atoms with Gasteiger partial charge in [0.2, 0.25) is 5.91 Å². The molecular weight excluding hydrogens is 267 g/mol. The van der Waals surface area contributed by atoms with Crippen LogP contribution in [-0.2, 0) is 4.79 Å². The molecule has 18 heavy (non-hydrogen) atoms. The molecule has 0 bridgehead atoms. The number of carbonyl (C=O) groups is 1. The average Bonchev–Trinajstić information content (AvgIpc) is 2.34. The normalized spacial score (nSPS) is 13.2. The van der Waals surface area contributed by atoms with Crippen LogP contribution < -0.4 is 0 Å². The van der Waals surface area contributed by atoms with Crippen molar-refractivity contribution in [3.8, 4) is 0 Å². The molecule has 100 valence electrons. The first-order chi connectivity index (χ1) is 8.35. The Morgan fingerprint density at radius 3 is 2.33 bits per heavy atom. The van der Waals surface area contributed by atoms with Gasteiger partial charge in [-0.3, -0.25) is 4.79 Å². The quantitative estimate of drug-likeness (QED) is 0.774. The van der Waals surface area contributed by atoms with Crippen LogP contribution in [0.1, 0.15) is 17.9 Å². The second-order valence-electron chi connectivity index (χ2n) is 3.74. The summed E-state index contributed by atoms with van der Waals surface area (Å²) in [4.78, 5) is 12.5. The van der Waals surface area contributed by atoms with Gasteiger partial charge in [0.25, 0.3) is 0 Å². The minimum atomic E-state index is -4.42. The van der Waals surface area contributed by atoms with Crippen molar-refractivity contribution in [1.29, 1.82) is 0 Å². The van der Waals surface area contributed by atoms with Gasteiger partial charge < -0.3 is 4.90 Å². The summed E-state index contributed by atoms with van der Waals surface area (Å²) >= 11 is 5.90. The van der Waals surface area contributed by atoms with Crippen LogP contribution in [0.3, 0.4) is 0 Å². The zero-order chi connectivity index (χ0) is 13.8. The summed E-state index contributed by atoms with van der Waals surface area (Å²) in [5.41, 5.74) is 0.491. The zero-order valence-electron chi connectivity index (χ0n) is 9.75. The molecule has 0 saturated heterocycles. The fourth-order valence-electron chi connectivity index (χ4n) is 1.49. The van der Waals surface area contributed by atoms with Gasteiger partial charge in [-0.2, -0.15) is 13.2 Å². The summed E-state index contributed by atoms with van der Waals surface area (Å²) < 4.78 is 36.8. The van der Waals surface area contributed by atoms with Crippen LogP contribution in [-0.4, -0.2) is 30.1 Å². The van der Waals surface area contributed by atoms with Gasteiger partial charge in [0.1, 0.15) is 11.9 Å². The van der Waals surface area contributed by atoms with Crippen molar-refractivity contribution in [3.63, 3.8) is 0 Å². The van der Waals surface area contributed by atoms with Crippen molar-refractivity contribution in [2.45, 2.75) is 18.5 Å². The molecule has 1 unspecified atom stereocenters. The van der Waals surface area contributed by atoms with Gasteiger partial charge in [-0.25, -0.2) is 0 Å². The molecule has 1 atom stereocenters. The van der Waals surface area contributed by atoms with Gasteiger partial charge in [0.05, 0.1) is 0 Å². The van der Waals surface area contributed by atoms with Crippen LogP contribution in [0, 0.1) is 0 Å². The van der Waals surface area contributed by atoms with Crippen LogP contribution in [0.5, 0.6) is 0 Å². The molecule has 0 spiro atoms. The van der Waals surface area contributed by atoms with Gasteiger partial charge in [-0.1, -0.05) is 30.3 Å². The highest BCUT2D eigenvalue weighted by Crippen LogP contribution is 2.25. The molecule has 0 aromatic heterocycles. The topological polar surface area (TPSA) is 20.3 Å². The van der Waals surface area contributed by atoms with E-state index in [1.165, 1.54) is 6.92 Å². The molecule has 0 aliphatic rings. The van der Waals surface area contributed by atoms with E-state index < -0.39 is 24.0 Å². The van der Waals surface area contributed by atoms with Crippen molar-refractivity contribution < 1.29 is 18.0 Å². The number of hydrogen-bond acceptors (Lipinski definition) is 1. The van der Waals surface area contributed by atoms with E-state index in [1.807, 2.05) is 0 Å². The van der Waals surface area contributed by atoms with Crippen LogP contribution in [0.15, 0.2) is 30.3 Å². The summed E-state index contributed by atoms with van der Waals surface area (Å²) in [6.07, 6.45) is -4.42. The Hall–Kier alpha value is -1.23. The molecule has 1 rings (SSSR count). The predicted octanol–water partition coefficient (Wildman–Crippen LogP) is 3.38. The molecule has 0 N–H and O–H groups in total. The average molecular weight is 280 g/mol. The van der Waals surface area contributed by atoms with E-state index in [-0.39, 0.29) is 6.54 Å². The lowest BCUT2D eigenvalue weighted by Gasteiger charge is -2.24. The Morgan fingerprint density at radius 2 is 1.89 bits per heavy atom. The summed E-state index contributed by atoms with van der Waals surface area (Å²) in [6, 6.07) is 8.31. The summed E-state index contributed by atoms with van der Waals surface area (Å²) in [5, 5.41) is -1.09. The monoisotopic (exact) mass is 279 g/mol. The molecule has 2 nitrogen and oxygen atoms in total. The van der Waals surface area contributed by atoms with E-state index in [2.05, 4.69) is 0 Å². The van der Waals surface area contributed by atoms with E-state index >= 15 is 0 Å². The largest absolute Gasteiger partial charge is 0.406 e. The first-order valence-corrected chi connectivity index (χ1v) is 5.83. The van der Waals surface area contributed by atoms with Crippen LogP contribution in [0.4, 0.5) is 13.2 Å². The lowest BCUT2D eigenvalue weighted by Crippen LogP contribution is -2.40. The van der Waals surface area contributed by atoms with E-state index in [9.17, 15) is 18.0 Å². The summed E-state index contributed by atoms with van der Waals surface area (Å²) in [5.74, 6) is -0.734. The number of likely N-dealkylation sites (N-methyl/N-ethyl adjacent to an activating group) is 1. The number of hydrogen-bond donors (Lipinski definition) is 0. The molecule has 1 aromatic carbocycles. The van der Waals surface area contributed by atoms with Crippen LogP contribution >= 0.6 is 11.6 Å². The highest BCUT2D eigenvalue weighted by molar-refractivity contribution is 6.30. The maximum atomic E-state index is 12.3. The molecule has 0 aliphatic heterocycles. The third-order valence-electron chi connectivity index (χ3n) is 2.37. The fourth-order valence-corrected chi connectivity index (χ4v) is 1.77. The third kappa shape index (κ3) is 4.22. The second kappa shape index (κ2) is 6.09. The van der Waals surface area contributed by atoms with Gasteiger partial charge in [0, 0.05) is 6.54 Å². The molecule has 1 aromatic rings. The first kappa shape index (κ1) is 14.8. The van der Waals surface area contributed by atoms with E-state index in [0.29, 0.717) is 10.5 Å². The van der Waals surface area contributed by atoms with Gasteiger partial charge in [0.15, 0.2) is 0 Å². The van der Waals surface area contributed by atoms with Crippen molar-refractivity contribution in [2.24, 2.45) is 0 Å². The number of nitrogens with zero attached hydrogens (tertiary/aromatic N) is 1. The highest BCUT2D eigenvalue weighted by Gasteiger charge is 2.34. The van der Waals surface area contributed by atoms with Crippen LogP contribution in [0.25, 0.3) is 0 Å². The molecular formula is C12H13ClF3NO. The molecule has 0 heterocycles. The van der Waals surface area contributed by atoms with Gasteiger partial charge in [-0.15, -0.1) is 11.6 Å². The number of rotatable bonds is 4. The Kier molecular flexibility index (Phi) is 5.02. The zero-order valence-corrected chi connectivity index (χ0v) is 10.5. The van der Waals surface area contributed by atoms with Crippen molar-refractivity contribution in [3.05, 3.63) is 35.9 Å². The summed E-state index contributed by atoms with van der Waals surface area (Å²) in [7, 11) is 0. The van der Waals surface area contributed by atoms with Crippen molar-refractivity contribution in [2.75, 3.05) is 13.1 Å². The molecule has 6 heteroatoms. The number of carbonyl (C=O) groups excluding carboxylic acids is 1. The smallest absolute Gasteiger partial charge is 0.332 e. The Balaban J connectivity index is 2.79. The van der Waals surface area contributed by atoms with E-state index in [4.69, 9.17) is 11.6 Å². The molecule has 1 amide bonds. The minimum absolute atomic E-state index is 0.0333. The lowest BCUT2D eigenvalue weighted by molar-refractivity contribution is -0.160. The fraction of sp³-hybridized carbons (Fsp3) is 0.417. The molecule has 0 fully saturated rings. The molecule has 0 saturated carbocycles. The SMILES string of the molecule is CCN(CC(F)(F)F)C(=O)C(Cl)c1ccccc1. The van der Waals surface area contributed by atoms with Gasteiger partial charge in [-0.05, 0) is 12.5 Å². The Labute approximate surface area is 108 Å². The molecule has 0 radical (unpaired) electrons. The minimum Gasteiger partial charge on any atom is -0.332 e. The van der Waals surface area contributed by atoms with Gasteiger partial charge >= 0.3 is 6.18 Å². The highest BCUT2D eigenvalue weighted by atomic mass is 35.5. The number of halogens is 4. The predicted molar refractivity (Wildman–Crippen MR) is 63.3 cm³/mol. The first-order valence-electron chi connectivity index (χ1n) is 5.39. The number of benzene rings is 1.